The van der Waals surface area contributed by atoms with Crippen LogP contribution >= 0.6 is 23.1 Å². The molecule has 3 aromatic rings. The highest BCUT2D eigenvalue weighted by atomic mass is 32.2. The van der Waals surface area contributed by atoms with Crippen molar-refractivity contribution in [3.8, 4) is 0 Å². The van der Waals surface area contributed by atoms with Gasteiger partial charge >= 0.3 is 0 Å². The van der Waals surface area contributed by atoms with Crippen LogP contribution in [0.15, 0.2) is 25.9 Å². The highest BCUT2D eigenvalue weighted by Gasteiger charge is 2.18. The number of thiophene rings is 1. The fraction of sp³-hybridized carbons (Fsp3) is 0.333. The standard InChI is InChI=1S/C12H12N4O2S2/c1-6(9-13-7(2)15-18-9)20-12-14-10-8(4-5-19-10)11(17)16(12)3/h4-6H,1-3H3. The second kappa shape index (κ2) is 5.02. The van der Waals surface area contributed by atoms with E-state index in [1.165, 1.54) is 23.1 Å². The molecule has 0 bridgehead atoms. The van der Waals surface area contributed by atoms with E-state index in [-0.39, 0.29) is 10.8 Å². The maximum atomic E-state index is 12.2. The van der Waals surface area contributed by atoms with Crippen LogP contribution in [0.3, 0.4) is 0 Å². The first kappa shape index (κ1) is 13.3. The molecule has 0 amide bonds. The summed E-state index contributed by atoms with van der Waals surface area (Å²) in [6, 6.07) is 1.80. The fourth-order valence-corrected chi connectivity index (χ4v) is 3.48. The van der Waals surface area contributed by atoms with Crippen LogP contribution in [0.4, 0.5) is 0 Å². The van der Waals surface area contributed by atoms with Crippen molar-refractivity contribution in [2.45, 2.75) is 24.3 Å². The first-order chi connectivity index (χ1) is 9.56. The molecule has 0 aliphatic rings. The third kappa shape index (κ3) is 2.25. The van der Waals surface area contributed by atoms with Gasteiger partial charge in [-0.2, -0.15) is 4.98 Å². The minimum absolute atomic E-state index is 0.0346. The Morgan fingerprint density at radius 1 is 1.45 bits per heavy atom. The largest absolute Gasteiger partial charge is 0.338 e. The molecule has 0 aliphatic carbocycles. The number of rotatable bonds is 3. The van der Waals surface area contributed by atoms with Crippen molar-refractivity contribution < 1.29 is 4.52 Å². The number of aromatic nitrogens is 4. The van der Waals surface area contributed by atoms with Gasteiger partial charge in [-0.1, -0.05) is 16.9 Å². The molecule has 104 valence electrons. The summed E-state index contributed by atoms with van der Waals surface area (Å²) in [6.45, 7) is 3.72. The van der Waals surface area contributed by atoms with Crippen molar-refractivity contribution in [1.29, 1.82) is 0 Å². The molecule has 0 N–H and O–H groups in total. The lowest BCUT2D eigenvalue weighted by atomic mass is 10.4. The number of aryl methyl sites for hydroxylation is 1. The number of fused-ring (bicyclic) bond motifs is 1. The summed E-state index contributed by atoms with van der Waals surface area (Å²) in [5.74, 6) is 1.14. The molecule has 0 aliphatic heterocycles. The van der Waals surface area contributed by atoms with Gasteiger partial charge in [0.25, 0.3) is 5.56 Å². The van der Waals surface area contributed by atoms with Crippen molar-refractivity contribution in [1.82, 2.24) is 19.7 Å². The lowest BCUT2D eigenvalue weighted by Gasteiger charge is -2.09. The zero-order valence-electron chi connectivity index (χ0n) is 11.2. The molecule has 8 heteroatoms. The van der Waals surface area contributed by atoms with E-state index in [4.69, 9.17) is 4.52 Å². The second-order valence-corrected chi connectivity index (χ2v) is 6.54. The third-order valence-electron chi connectivity index (χ3n) is 2.84. The van der Waals surface area contributed by atoms with Crippen LogP contribution in [-0.4, -0.2) is 19.7 Å². The fourth-order valence-electron chi connectivity index (χ4n) is 1.77. The Bertz CT molecular complexity index is 820. The van der Waals surface area contributed by atoms with Crippen molar-refractivity contribution in [2.24, 2.45) is 7.05 Å². The molecule has 3 aromatic heterocycles. The third-order valence-corrected chi connectivity index (χ3v) is 4.77. The predicted molar refractivity (Wildman–Crippen MR) is 78.2 cm³/mol. The van der Waals surface area contributed by atoms with Crippen molar-refractivity contribution in [3.05, 3.63) is 33.5 Å². The lowest BCUT2D eigenvalue weighted by Crippen LogP contribution is -2.19. The predicted octanol–water partition coefficient (Wildman–Crippen LogP) is 2.54. The summed E-state index contributed by atoms with van der Waals surface area (Å²) in [7, 11) is 1.72. The Morgan fingerprint density at radius 2 is 2.25 bits per heavy atom. The Morgan fingerprint density at radius 3 is 2.95 bits per heavy atom. The van der Waals surface area contributed by atoms with E-state index in [2.05, 4.69) is 15.1 Å². The smallest absolute Gasteiger partial charge is 0.262 e. The summed E-state index contributed by atoms with van der Waals surface area (Å²) in [5, 5.41) is 6.89. The van der Waals surface area contributed by atoms with Crippen molar-refractivity contribution in [2.75, 3.05) is 0 Å². The van der Waals surface area contributed by atoms with Gasteiger partial charge in [0.15, 0.2) is 11.0 Å². The summed E-state index contributed by atoms with van der Waals surface area (Å²) in [5.41, 5.74) is -0.0346. The van der Waals surface area contributed by atoms with Gasteiger partial charge in [-0.15, -0.1) is 11.3 Å². The van der Waals surface area contributed by atoms with Gasteiger partial charge in [0.05, 0.1) is 10.6 Å². The zero-order valence-corrected chi connectivity index (χ0v) is 12.8. The Kier molecular flexibility index (Phi) is 3.35. The van der Waals surface area contributed by atoms with E-state index >= 15 is 0 Å². The van der Waals surface area contributed by atoms with Gasteiger partial charge in [-0.3, -0.25) is 9.36 Å². The monoisotopic (exact) mass is 308 g/mol. The van der Waals surface area contributed by atoms with Crippen LogP contribution in [0.1, 0.15) is 23.9 Å². The summed E-state index contributed by atoms with van der Waals surface area (Å²) in [6.07, 6.45) is 0. The number of hydrogen-bond acceptors (Lipinski definition) is 7. The Labute approximate surface area is 122 Å². The minimum atomic E-state index is -0.0632. The van der Waals surface area contributed by atoms with Gasteiger partial charge < -0.3 is 4.52 Å². The molecule has 0 saturated heterocycles. The maximum absolute atomic E-state index is 12.2. The van der Waals surface area contributed by atoms with E-state index in [0.29, 0.717) is 22.3 Å². The van der Waals surface area contributed by atoms with Gasteiger partial charge in [0.2, 0.25) is 5.89 Å². The average molecular weight is 308 g/mol. The number of hydrogen-bond donors (Lipinski definition) is 0. The first-order valence-electron chi connectivity index (χ1n) is 5.97. The highest BCUT2D eigenvalue weighted by molar-refractivity contribution is 7.99. The van der Waals surface area contributed by atoms with Crippen molar-refractivity contribution >= 4 is 33.3 Å². The Hall–Kier alpha value is -1.67. The molecule has 1 atom stereocenters. The molecule has 0 spiro atoms. The van der Waals surface area contributed by atoms with Crippen molar-refractivity contribution in [3.63, 3.8) is 0 Å². The van der Waals surface area contributed by atoms with Crippen LogP contribution in [-0.2, 0) is 7.05 Å². The van der Waals surface area contributed by atoms with Crippen LogP contribution in [0.2, 0.25) is 0 Å². The summed E-state index contributed by atoms with van der Waals surface area (Å²) >= 11 is 2.89. The molecule has 0 fully saturated rings. The first-order valence-corrected chi connectivity index (χ1v) is 7.73. The number of thioether (sulfide) groups is 1. The molecular weight excluding hydrogens is 296 g/mol. The maximum Gasteiger partial charge on any atom is 0.262 e. The van der Waals surface area contributed by atoms with Crippen LogP contribution in [0.25, 0.3) is 10.2 Å². The molecular formula is C12H12N4O2S2. The second-order valence-electron chi connectivity index (χ2n) is 4.34. The Balaban J connectivity index is 1.98. The molecule has 3 rings (SSSR count). The molecule has 0 saturated carbocycles. The molecule has 3 heterocycles. The topological polar surface area (TPSA) is 73.8 Å². The van der Waals surface area contributed by atoms with Gasteiger partial charge in [-0.05, 0) is 25.3 Å². The zero-order chi connectivity index (χ0) is 14.3. The molecule has 6 nitrogen and oxygen atoms in total. The summed E-state index contributed by atoms with van der Waals surface area (Å²) in [4.78, 5) is 21.7. The minimum Gasteiger partial charge on any atom is -0.338 e. The van der Waals surface area contributed by atoms with Crippen LogP contribution in [0, 0.1) is 6.92 Å². The summed E-state index contributed by atoms with van der Waals surface area (Å²) < 4.78 is 6.70. The van der Waals surface area contributed by atoms with E-state index in [1.807, 2.05) is 12.3 Å². The molecule has 0 aromatic carbocycles. The van der Waals surface area contributed by atoms with E-state index in [1.54, 1.807) is 24.6 Å². The highest BCUT2D eigenvalue weighted by Crippen LogP contribution is 2.32. The quantitative estimate of drug-likeness (QED) is 0.547. The van der Waals surface area contributed by atoms with Crippen LogP contribution in [0.5, 0.6) is 0 Å². The normalized spacial score (nSPS) is 12.9. The average Bonchev–Trinajstić information content (AvgIpc) is 3.04. The lowest BCUT2D eigenvalue weighted by molar-refractivity contribution is 0.376. The molecule has 1 unspecified atom stereocenters. The van der Waals surface area contributed by atoms with Gasteiger partial charge in [0, 0.05) is 7.05 Å². The number of nitrogens with zero attached hydrogens (tertiary/aromatic N) is 4. The van der Waals surface area contributed by atoms with E-state index in [9.17, 15) is 4.79 Å². The van der Waals surface area contributed by atoms with Crippen LogP contribution < -0.4 is 5.56 Å². The van der Waals surface area contributed by atoms with E-state index in [0.717, 1.165) is 4.83 Å². The van der Waals surface area contributed by atoms with E-state index < -0.39 is 0 Å². The molecule has 0 radical (unpaired) electrons. The van der Waals surface area contributed by atoms with Gasteiger partial charge in [0.1, 0.15) is 4.83 Å². The van der Waals surface area contributed by atoms with Gasteiger partial charge in [-0.25, -0.2) is 4.98 Å². The molecule has 20 heavy (non-hydrogen) atoms. The SMILES string of the molecule is Cc1noc(C(C)Sc2nc3sccc3c(=O)n2C)n1.